The van der Waals surface area contributed by atoms with Gasteiger partial charge >= 0.3 is 0 Å². The predicted octanol–water partition coefficient (Wildman–Crippen LogP) is 2.33. The van der Waals surface area contributed by atoms with Gasteiger partial charge in [-0.15, -0.1) is 0 Å². The highest BCUT2D eigenvalue weighted by molar-refractivity contribution is 5.98. The van der Waals surface area contributed by atoms with E-state index in [1.54, 1.807) is 0 Å². The van der Waals surface area contributed by atoms with Crippen molar-refractivity contribution in [1.82, 2.24) is 0 Å². The van der Waals surface area contributed by atoms with Crippen LogP contribution in [0.1, 0.15) is 44.0 Å². The molecule has 2 aliphatic rings. The first-order chi connectivity index (χ1) is 10.2. The fraction of sp³-hybridized carbons (Fsp3) is 0.562. The lowest BCUT2D eigenvalue weighted by Gasteiger charge is -2.31. The Morgan fingerprint density at radius 1 is 1.19 bits per heavy atom. The van der Waals surface area contributed by atoms with Gasteiger partial charge in [-0.3, -0.25) is 4.79 Å². The van der Waals surface area contributed by atoms with Crippen molar-refractivity contribution in [3.05, 3.63) is 29.8 Å². The van der Waals surface area contributed by atoms with E-state index in [0.717, 1.165) is 43.4 Å². The smallest absolute Gasteiger partial charge is 0.244 e. The van der Waals surface area contributed by atoms with E-state index < -0.39 is 5.54 Å². The summed E-state index contributed by atoms with van der Waals surface area (Å²) >= 11 is 0. The Kier molecular flexibility index (Phi) is 4.24. The second-order valence-corrected chi connectivity index (χ2v) is 5.87. The third-order valence-corrected chi connectivity index (χ3v) is 4.24. The van der Waals surface area contributed by atoms with Crippen LogP contribution in [0.25, 0.3) is 0 Å². The summed E-state index contributed by atoms with van der Waals surface area (Å²) in [4.78, 5) is 12.4. The molecule has 0 spiro atoms. The fourth-order valence-electron chi connectivity index (χ4n) is 2.98. The lowest BCUT2D eigenvalue weighted by molar-refractivity contribution is -0.122. The second kappa shape index (κ2) is 6.13. The number of amides is 1. The summed E-state index contributed by atoms with van der Waals surface area (Å²) < 4.78 is 11.0. The van der Waals surface area contributed by atoms with Gasteiger partial charge in [0.15, 0.2) is 6.29 Å². The van der Waals surface area contributed by atoms with Gasteiger partial charge in [0, 0.05) is 11.3 Å². The molecule has 3 N–H and O–H groups in total. The molecule has 5 heteroatoms. The minimum atomic E-state index is -0.728. The SMILES string of the molecule is NC1(C(=O)Nc2cccc(C3OCCO3)c2)CCCCC1. The van der Waals surface area contributed by atoms with Gasteiger partial charge in [-0.2, -0.15) is 0 Å². The summed E-state index contributed by atoms with van der Waals surface area (Å²) in [6.07, 6.45) is 4.39. The lowest BCUT2D eigenvalue weighted by Crippen LogP contribution is -2.52. The van der Waals surface area contributed by atoms with Crippen LogP contribution in [0.3, 0.4) is 0 Å². The number of hydrogen-bond acceptors (Lipinski definition) is 4. The third-order valence-electron chi connectivity index (χ3n) is 4.24. The molecule has 1 aliphatic heterocycles. The van der Waals surface area contributed by atoms with Crippen LogP contribution < -0.4 is 11.1 Å². The zero-order valence-corrected chi connectivity index (χ0v) is 12.1. The van der Waals surface area contributed by atoms with Crippen molar-refractivity contribution >= 4 is 11.6 Å². The number of anilines is 1. The number of hydrogen-bond donors (Lipinski definition) is 2. The Balaban J connectivity index is 1.69. The van der Waals surface area contributed by atoms with Gasteiger partial charge in [0.1, 0.15) is 0 Å². The number of nitrogens with two attached hydrogens (primary N) is 1. The van der Waals surface area contributed by atoms with Crippen molar-refractivity contribution in [1.29, 1.82) is 0 Å². The molecule has 1 aliphatic carbocycles. The normalized spacial score (nSPS) is 22.1. The first-order valence-electron chi connectivity index (χ1n) is 7.61. The van der Waals surface area contributed by atoms with Gasteiger partial charge < -0.3 is 20.5 Å². The number of carbonyl (C=O) groups excluding carboxylic acids is 1. The largest absolute Gasteiger partial charge is 0.346 e. The molecule has 1 aromatic rings. The summed E-state index contributed by atoms with van der Waals surface area (Å²) in [5.41, 5.74) is 7.18. The van der Waals surface area contributed by atoms with E-state index >= 15 is 0 Å². The van der Waals surface area contributed by atoms with E-state index in [9.17, 15) is 4.79 Å². The summed E-state index contributed by atoms with van der Waals surface area (Å²) in [6, 6.07) is 7.58. The zero-order chi connectivity index (χ0) is 14.7. The molecular formula is C16H22N2O3. The molecule has 0 atom stereocenters. The Bertz CT molecular complexity index is 506. The topological polar surface area (TPSA) is 73.6 Å². The molecule has 21 heavy (non-hydrogen) atoms. The predicted molar refractivity (Wildman–Crippen MR) is 79.7 cm³/mol. The molecule has 0 radical (unpaired) electrons. The second-order valence-electron chi connectivity index (χ2n) is 5.87. The van der Waals surface area contributed by atoms with Gasteiger partial charge in [0.05, 0.1) is 18.8 Å². The molecule has 0 aromatic heterocycles. The van der Waals surface area contributed by atoms with Gasteiger partial charge in [-0.1, -0.05) is 31.4 Å². The van der Waals surface area contributed by atoms with E-state index in [0.29, 0.717) is 13.2 Å². The number of ether oxygens (including phenoxy) is 2. The molecule has 114 valence electrons. The van der Waals surface area contributed by atoms with Crippen molar-refractivity contribution in [2.45, 2.75) is 43.9 Å². The molecule has 1 saturated heterocycles. The highest BCUT2D eigenvalue weighted by atomic mass is 16.7. The quantitative estimate of drug-likeness (QED) is 0.896. The number of rotatable bonds is 3. The molecular weight excluding hydrogens is 268 g/mol. The molecule has 1 heterocycles. The first-order valence-corrected chi connectivity index (χ1v) is 7.61. The average molecular weight is 290 g/mol. The van der Waals surface area contributed by atoms with E-state index in [2.05, 4.69) is 5.32 Å². The van der Waals surface area contributed by atoms with Gasteiger partial charge in [-0.05, 0) is 25.0 Å². The third kappa shape index (κ3) is 3.26. The maximum absolute atomic E-state index is 12.4. The van der Waals surface area contributed by atoms with Crippen LogP contribution in [0, 0.1) is 0 Å². The first kappa shape index (κ1) is 14.5. The minimum Gasteiger partial charge on any atom is -0.346 e. The van der Waals surface area contributed by atoms with Gasteiger partial charge in [0.2, 0.25) is 5.91 Å². The monoisotopic (exact) mass is 290 g/mol. The Hall–Kier alpha value is -1.43. The average Bonchev–Trinajstić information content (AvgIpc) is 3.02. The maximum Gasteiger partial charge on any atom is 0.244 e. The van der Waals surface area contributed by atoms with E-state index in [1.807, 2.05) is 24.3 Å². The highest BCUT2D eigenvalue weighted by Gasteiger charge is 2.35. The highest BCUT2D eigenvalue weighted by Crippen LogP contribution is 2.29. The van der Waals surface area contributed by atoms with Crippen LogP contribution in [0.15, 0.2) is 24.3 Å². The van der Waals surface area contributed by atoms with E-state index in [-0.39, 0.29) is 12.2 Å². The van der Waals surface area contributed by atoms with Crippen molar-refractivity contribution in [3.8, 4) is 0 Å². The molecule has 1 amide bonds. The van der Waals surface area contributed by atoms with Crippen LogP contribution in [-0.2, 0) is 14.3 Å². The lowest BCUT2D eigenvalue weighted by atomic mass is 9.82. The summed E-state index contributed by atoms with van der Waals surface area (Å²) in [5.74, 6) is -0.0902. The fourth-order valence-corrected chi connectivity index (χ4v) is 2.98. The Morgan fingerprint density at radius 2 is 1.90 bits per heavy atom. The van der Waals surface area contributed by atoms with Gasteiger partial charge in [0.25, 0.3) is 0 Å². The molecule has 1 aromatic carbocycles. The van der Waals surface area contributed by atoms with Crippen molar-refractivity contribution < 1.29 is 14.3 Å². The van der Waals surface area contributed by atoms with Crippen LogP contribution in [0.4, 0.5) is 5.69 Å². The molecule has 5 nitrogen and oxygen atoms in total. The van der Waals surface area contributed by atoms with Crippen LogP contribution in [0.2, 0.25) is 0 Å². The van der Waals surface area contributed by atoms with Crippen LogP contribution in [0.5, 0.6) is 0 Å². The standard InChI is InChI=1S/C16H22N2O3/c17-16(7-2-1-3-8-16)15(19)18-13-6-4-5-12(11-13)14-20-9-10-21-14/h4-6,11,14H,1-3,7-10,17H2,(H,18,19). The number of carbonyl (C=O) groups is 1. The van der Waals surface area contributed by atoms with Crippen molar-refractivity contribution in [2.24, 2.45) is 5.73 Å². The molecule has 1 saturated carbocycles. The molecule has 0 bridgehead atoms. The van der Waals surface area contributed by atoms with E-state index in [4.69, 9.17) is 15.2 Å². The Morgan fingerprint density at radius 3 is 2.62 bits per heavy atom. The summed E-state index contributed by atoms with van der Waals surface area (Å²) in [7, 11) is 0. The van der Waals surface area contributed by atoms with Crippen molar-refractivity contribution in [3.63, 3.8) is 0 Å². The number of benzene rings is 1. The molecule has 0 unspecified atom stereocenters. The molecule has 2 fully saturated rings. The van der Waals surface area contributed by atoms with Crippen molar-refractivity contribution in [2.75, 3.05) is 18.5 Å². The maximum atomic E-state index is 12.4. The molecule has 3 rings (SSSR count). The Labute approximate surface area is 124 Å². The summed E-state index contributed by atoms with van der Waals surface area (Å²) in [6.45, 7) is 1.21. The minimum absolute atomic E-state index is 0.0902. The van der Waals surface area contributed by atoms with Gasteiger partial charge in [-0.25, -0.2) is 0 Å². The summed E-state index contributed by atoms with van der Waals surface area (Å²) in [5, 5.41) is 2.94. The van der Waals surface area contributed by atoms with Crippen LogP contribution in [-0.4, -0.2) is 24.7 Å². The number of nitrogens with one attached hydrogen (secondary N) is 1. The zero-order valence-electron chi connectivity index (χ0n) is 12.1. The van der Waals surface area contributed by atoms with E-state index in [1.165, 1.54) is 0 Å². The van der Waals surface area contributed by atoms with Crippen LogP contribution >= 0.6 is 0 Å².